The monoisotopic (exact) mass is 873 g/mol. The molecule has 4 aromatic heterocycles. The van der Waals surface area contributed by atoms with Crippen molar-refractivity contribution in [3.8, 4) is 22.5 Å². The first-order chi connectivity index (χ1) is 24.3. The first kappa shape index (κ1) is 34.7. The predicted molar refractivity (Wildman–Crippen MR) is 214 cm³/mol. The molecule has 0 atom stereocenters. The molecule has 9 rings (SSSR count). The zero-order chi connectivity index (χ0) is 34.2. The van der Waals surface area contributed by atoms with Crippen molar-refractivity contribution in [3.63, 3.8) is 0 Å². The molecule has 0 saturated heterocycles. The van der Waals surface area contributed by atoms with Gasteiger partial charge in [0.2, 0.25) is 0 Å². The third kappa shape index (κ3) is 7.10. The quantitative estimate of drug-likeness (QED) is 0.128. The van der Waals surface area contributed by atoms with E-state index in [9.17, 15) is 0 Å². The van der Waals surface area contributed by atoms with Crippen molar-refractivity contribution in [1.82, 2.24) is 9.97 Å². The van der Waals surface area contributed by atoms with Gasteiger partial charge in [-0.1, -0.05) is 122 Å². The van der Waals surface area contributed by atoms with Gasteiger partial charge in [0.1, 0.15) is 5.58 Å². The molecule has 0 unspecified atom stereocenters. The molecule has 253 valence electrons. The van der Waals surface area contributed by atoms with E-state index in [1.807, 2.05) is 47.9 Å². The van der Waals surface area contributed by atoms with E-state index in [0.717, 1.165) is 50.9 Å². The van der Waals surface area contributed by atoms with E-state index >= 15 is 0 Å². The predicted octanol–water partition coefficient (Wildman–Crippen LogP) is 11.8. The van der Waals surface area contributed by atoms with Crippen LogP contribution in [0.3, 0.4) is 0 Å². The van der Waals surface area contributed by atoms with Crippen LogP contribution in [0.15, 0.2) is 138 Å². The Morgan fingerprint density at radius 1 is 0.686 bits per heavy atom. The summed E-state index contributed by atoms with van der Waals surface area (Å²) >= 11 is 1.84. The number of pyridine rings is 2. The van der Waals surface area contributed by atoms with E-state index in [2.05, 4.69) is 141 Å². The Morgan fingerprint density at radius 3 is 2.24 bits per heavy atom. The molecule has 3 nitrogen and oxygen atoms in total. The maximum atomic E-state index is 5.89. The summed E-state index contributed by atoms with van der Waals surface area (Å²) in [5, 5.41) is 6.30. The van der Waals surface area contributed by atoms with Gasteiger partial charge in [-0.15, -0.1) is 47.0 Å². The summed E-state index contributed by atoms with van der Waals surface area (Å²) < 4.78 is 8.52. The van der Waals surface area contributed by atoms with Crippen molar-refractivity contribution >= 4 is 66.7 Å². The van der Waals surface area contributed by atoms with Crippen LogP contribution in [0.4, 0.5) is 0 Å². The Balaban J connectivity index is 0.000000157. The van der Waals surface area contributed by atoms with Gasteiger partial charge >= 0.3 is 0 Å². The van der Waals surface area contributed by atoms with Crippen LogP contribution in [0.2, 0.25) is 19.6 Å². The molecule has 5 aromatic carbocycles. The maximum absolute atomic E-state index is 5.89. The van der Waals surface area contributed by atoms with Crippen molar-refractivity contribution in [2.45, 2.75) is 33.0 Å². The molecule has 0 amide bonds. The number of fused-ring (bicyclic) bond motifs is 6. The molecule has 0 saturated carbocycles. The summed E-state index contributed by atoms with van der Waals surface area (Å²) in [5.41, 5.74) is 9.65. The molecule has 1 radical (unpaired) electrons. The van der Waals surface area contributed by atoms with E-state index < -0.39 is 8.07 Å². The molecule has 0 fully saturated rings. The maximum Gasteiger partial charge on any atom is 0.120 e. The molecule has 0 bridgehead atoms. The molecule has 4 heterocycles. The number of aryl methyl sites for hydroxylation is 1. The van der Waals surface area contributed by atoms with Crippen LogP contribution < -0.4 is 5.19 Å². The van der Waals surface area contributed by atoms with Crippen molar-refractivity contribution in [3.05, 3.63) is 163 Å². The number of furan rings is 1. The van der Waals surface area contributed by atoms with Crippen molar-refractivity contribution in [2.24, 2.45) is 0 Å². The first-order valence-corrected chi connectivity index (χ1v) is 21.2. The molecule has 0 N–H and O–H groups in total. The van der Waals surface area contributed by atoms with Crippen LogP contribution in [-0.4, -0.2) is 18.0 Å². The van der Waals surface area contributed by atoms with E-state index in [-0.39, 0.29) is 20.1 Å². The van der Waals surface area contributed by atoms with Gasteiger partial charge in [-0.05, 0) is 62.4 Å². The number of para-hydroxylation sites is 1. The Hall–Kier alpha value is -4.71. The van der Waals surface area contributed by atoms with Gasteiger partial charge in [0, 0.05) is 42.6 Å². The number of benzene rings is 5. The fourth-order valence-electron chi connectivity index (χ4n) is 6.49. The van der Waals surface area contributed by atoms with Gasteiger partial charge in [0.25, 0.3) is 0 Å². The third-order valence-corrected chi connectivity index (χ3v) is 12.4. The molecule has 51 heavy (non-hydrogen) atoms. The van der Waals surface area contributed by atoms with E-state index in [1.165, 1.54) is 42.0 Å². The van der Waals surface area contributed by atoms with E-state index in [4.69, 9.17) is 9.40 Å². The van der Waals surface area contributed by atoms with E-state index in [0.29, 0.717) is 0 Å². The smallest absolute Gasteiger partial charge is 0.120 e. The Bertz CT molecular complexity index is 2620. The average molecular weight is 873 g/mol. The fourth-order valence-corrected chi connectivity index (χ4v) is 8.81. The minimum Gasteiger partial charge on any atom is -0.500 e. The van der Waals surface area contributed by atoms with Crippen molar-refractivity contribution < 1.29 is 24.5 Å². The average Bonchev–Trinajstić information content (AvgIpc) is 3.72. The van der Waals surface area contributed by atoms with Crippen LogP contribution in [0.1, 0.15) is 16.7 Å². The summed E-state index contributed by atoms with van der Waals surface area (Å²) in [7, 11) is -1.32. The van der Waals surface area contributed by atoms with Gasteiger partial charge in [0.05, 0.1) is 13.7 Å². The number of aromatic nitrogens is 2. The second-order valence-corrected chi connectivity index (χ2v) is 19.9. The Labute approximate surface area is 317 Å². The standard InChI is InChI=1S/C24H16NO.C21H20NSSi.Ir/c1-2-6-17(7-3-1)14-18-12-13-25-22(15-18)19-10-11-24-21(16-19)20-8-4-5-9-23(20)26-24;1-14-9-11-16(18-12-10-15(13-22-18)24(2,3)4)21-20(14)17-7-5-6-8-19(17)23-21;/h1-9,11-13,15-16H,14H2;5-10,12-13H,1-4H3;/q2*-1;. The van der Waals surface area contributed by atoms with Crippen LogP contribution in [-0.2, 0) is 26.5 Å². The Morgan fingerprint density at radius 2 is 1.45 bits per heavy atom. The Kier molecular flexibility index (Phi) is 9.87. The zero-order valence-electron chi connectivity index (χ0n) is 29.0. The number of hydrogen-bond donors (Lipinski definition) is 0. The SMILES string of the molecule is Cc1c[c-]c(-c2ccc([Si](C)(C)C)cn2)c2sc3ccccc3c12.[Ir].[c-]1cc2oc3ccccc3c2cc1-c1cc(Cc2ccccc2)ccn1. The van der Waals surface area contributed by atoms with Crippen molar-refractivity contribution in [2.75, 3.05) is 0 Å². The number of thiophene rings is 1. The summed E-state index contributed by atoms with van der Waals surface area (Å²) in [6.45, 7) is 9.23. The normalized spacial score (nSPS) is 11.5. The molecule has 0 aliphatic heterocycles. The van der Waals surface area contributed by atoms with Gasteiger partial charge in [-0.2, -0.15) is 11.3 Å². The van der Waals surface area contributed by atoms with Crippen LogP contribution in [0.5, 0.6) is 0 Å². The molecule has 9 aromatic rings. The van der Waals surface area contributed by atoms with Crippen LogP contribution in [0, 0.1) is 19.1 Å². The topological polar surface area (TPSA) is 38.9 Å². The van der Waals surface area contributed by atoms with Crippen LogP contribution in [0.25, 0.3) is 64.6 Å². The molecule has 0 spiro atoms. The minimum atomic E-state index is -1.32. The minimum absolute atomic E-state index is 0. The second kappa shape index (κ2) is 14.5. The summed E-state index contributed by atoms with van der Waals surface area (Å²) in [4.78, 5) is 9.34. The largest absolute Gasteiger partial charge is 0.500 e. The second-order valence-electron chi connectivity index (χ2n) is 13.8. The van der Waals surface area contributed by atoms with Crippen molar-refractivity contribution in [1.29, 1.82) is 0 Å². The zero-order valence-corrected chi connectivity index (χ0v) is 33.2. The molecule has 0 aliphatic carbocycles. The van der Waals surface area contributed by atoms with Crippen LogP contribution >= 0.6 is 11.3 Å². The molecular weight excluding hydrogens is 837 g/mol. The fraction of sp³-hybridized carbons (Fsp3) is 0.111. The first-order valence-electron chi connectivity index (χ1n) is 16.9. The molecular formula is C45H36IrN2OSSi-2. The number of hydrogen-bond acceptors (Lipinski definition) is 4. The number of nitrogens with zero attached hydrogens (tertiary/aromatic N) is 2. The van der Waals surface area contributed by atoms with Gasteiger partial charge in [-0.3, -0.25) is 0 Å². The van der Waals surface area contributed by atoms with Gasteiger partial charge in [-0.25, -0.2) is 0 Å². The van der Waals surface area contributed by atoms with Gasteiger partial charge < -0.3 is 14.4 Å². The molecule has 0 aliphatic rings. The third-order valence-electron chi connectivity index (χ3n) is 9.20. The number of rotatable bonds is 5. The van der Waals surface area contributed by atoms with Gasteiger partial charge in [0.15, 0.2) is 0 Å². The molecule has 6 heteroatoms. The summed E-state index contributed by atoms with van der Waals surface area (Å²) in [6.07, 6.45) is 4.83. The van der Waals surface area contributed by atoms with E-state index in [1.54, 1.807) is 0 Å². The summed E-state index contributed by atoms with van der Waals surface area (Å²) in [5.74, 6) is 0. The summed E-state index contributed by atoms with van der Waals surface area (Å²) in [6, 6.07) is 48.8.